The predicted octanol–water partition coefficient (Wildman–Crippen LogP) is 4.04. The topological polar surface area (TPSA) is 72.1 Å². The quantitative estimate of drug-likeness (QED) is 0.665. The number of aryl methyl sites for hydroxylation is 1. The minimum absolute atomic E-state index is 0.0665. The van der Waals surface area contributed by atoms with Gasteiger partial charge in [0.1, 0.15) is 17.3 Å². The van der Waals surface area contributed by atoms with Crippen LogP contribution in [0, 0.1) is 6.92 Å². The van der Waals surface area contributed by atoms with Gasteiger partial charge < -0.3 is 9.32 Å². The number of nitrogens with zero attached hydrogens (tertiary/aromatic N) is 4. The van der Waals surface area contributed by atoms with E-state index in [0.717, 1.165) is 30.7 Å². The number of aromatic nitrogens is 3. The molecule has 1 saturated heterocycles. The number of hydrogen-bond acceptors (Lipinski definition) is 5. The van der Waals surface area contributed by atoms with Crippen LogP contribution in [-0.4, -0.2) is 38.8 Å². The number of hydrogen-bond donors (Lipinski definition) is 0. The molecule has 144 valence electrons. The van der Waals surface area contributed by atoms with Crippen molar-refractivity contribution < 1.29 is 9.21 Å². The molecule has 1 aromatic carbocycles. The zero-order valence-corrected chi connectivity index (χ0v) is 16.4. The van der Waals surface area contributed by atoms with Crippen LogP contribution in [0.5, 0.6) is 0 Å². The monoisotopic (exact) mass is 396 g/mol. The standard InChI is InChI=1S/C21H21ClN4O2/c1-14-23-9-8-19(25-14)21(27)26-10-2-3-16(13-26)20-24-12-18(28-20)11-15-4-6-17(22)7-5-15/h4-9,12,16H,2-3,10-11,13H2,1H3/t16-/m1/s1. The van der Waals surface area contributed by atoms with E-state index in [1.165, 1.54) is 0 Å². The molecule has 1 fully saturated rings. The second-order valence-electron chi connectivity index (χ2n) is 7.05. The van der Waals surface area contributed by atoms with Gasteiger partial charge in [-0.15, -0.1) is 0 Å². The largest absolute Gasteiger partial charge is 0.445 e. The molecule has 1 aliphatic heterocycles. The number of carbonyl (C=O) groups excluding carboxylic acids is 1. The first-order chi connectivity index (χ1) is 13.6. The van der Waals surface area contributed by atoms with Gasteiger partial charge in [0.15, 0.2) is 5.89 Å². The van der Waals surface area contributed by atoms with Gasteiger partial charge in [-0.1, -0.05) is 23.7 Å². The van der Waals surface area contributed by atoms with E-state index in [9.17, 15) is 4.79 Å². The van der Waals surface area contributed by atoms with E-state index in [4.69, 9.17) is 16.0 Å². The molecule has 6 nitrogen and oxygen atoms in total. The van der Waals surface area contributed by atoms with Crippen LogP contribution < -0.4 is 0 Å². The van der Waals surface area contributed by atoms with Crippen molar-refractivity contribution in [2.75, 3.05) is 13.1 Å². The van der Waals surface area contributed by atoms with Crippen LogP contribution >= 0.6 is 11.6 Å². The highest BCUT2D eigenvalue weighted by Crippen LogP contribution is 2.28. The summed E-state index contributed by atoms with van der Waals surface area (Å²) in [6.07, 6.45) is 5.93. The fourth-order valence-corrected chi connectivity index (χ4v) is 3.62. The Kier molecular flexibility index (Phi) is 5.39. The molecule has 2 aromatic heterocycles. The van der Waals surface area contributed by atoms with Crippen LogP contribution in [0.2, 0.25) is 5.02 Å². The minimum atomic E-state index is -0.0665. The maximum atomic E-state index is 12.8. The van der Waals surface area contributed by atoms with Gasteiger partial charge in [-0.2, -0.15) is 0 Å². The van der Waals surface area contributed by atoms with Crippen molar-refractivity contribution in [3.8, 4) is 0 Å². The molecule has 3 aromatic rings. The number of rotatable bonds is 4. The van der Waals surface area contributed by atoms with E-state index < -0.39 is 0 Å². The molecular weight excluding hydrogens is 376 g/mol. The fourth-order valence-electron chi connectivity index (χ4n) is 3.50. The van der Waals surface area contributed by atoms with Crippen molar-refractivity contribution in [1.29, 1.82) is 0 Å². The first kappa shape index (κ1) is 18.6. The van der Waals surface area contributed by atoms with Gasteiger partial charge in [0.25, 0.3) is 5.91 Å². The first-order valence-electron chi connectivity index (χ1n) is 9.36. The SMILES string of the molecule is Cc1nccc(C(=O)N2CCC[C@@H](c3ncc(Cc4ccc(Cl)cc4)o3)C2)n1. The Morgan fingerprint density at radius 2 is 2.07 bits per heavy atom. The number of oxazole rings is 1. The lowest BCUT2D eigenvalue weighted by molar-refractivity contribution is 0.0691. The smallest absolute Gasteiger partial charge is 0.272 e. The van der Waals surface area contributed by atoms with Crippen LogP contribution in [0.1, 0.15) is 52.3 Å². The Hall–Kier alpha value is -2.73. The Morgan fingerprint density at radius 1 is 1.25 bits per heavy atom. The molecule has 3 heterocycles. The molecule has 0 saturated carbocycles. The van der Waals surface area contributed by atoms with Crippen LogP contribution in [0.25, 0.3) is 0 Å². The second-order valence-corrected chi connectivity index (χ2v) is 7.48. The highest BCUT2D eigenvalue weighted by atomic mass is 35.5. The fraction of sp³-hybridized carbons (Fsp3) is 0.333. The van der Waals surface area contributed by atoms with Crippen LogP contribution in [0.15, 0.2) is 47.1 Å². The van der Waals surface area contributed by atoms with E-state index in [1.807, 2.05) is 29.2 Å². The summed E-state index contributed by atoms with van der Waals surface area (Å²) in [4.78, 5) is 27.4. The Bertz CT molecular complexity index is 971. The molecule has 0 unspecified atom stereocenters. The maximum Gasteiger partial charge on any atom is 0.272 e. The van der Waals surface area contributed by atoms with E-state index in [-0.39, 0.29) is 11.8 Å². The van der Waals surface area contributed by atoms with Crippen molar-refractivity contribution in [3.05, 3.63) is 76.5 Å². The van der Waals surface area contributed by atoms with Crippen molar-refractivity contribution in [1.82, 2.24) is 19.9 Å². The van der Waals surface area contributed by atoms with Gasteiger partial charge in [0, 0.05) is 30.7 Å². The number of carbonyl (C=O) groups is 1. The summed E-state index contributed by atoms with van der Waals surface area (Å²) in [6.45, 7) is 3.09. The van der Waals surface area contributed by atoms with E-state index in [0.29, 0.717) is 35.4 Å². The lowest BCUT2D eigenvalue weighted by Gasteiger charge is -2.31. The molecule has 7 heteroatoms. The average molecular weight is 397 g/mol. The third-order valence-electron chi connectivity index (χ3n) is 4.92. The average Bonchev–Trinajstić information content (AvgIpc) is 3.18. The lowest BCUT2D eigenvalue weighted by atomic mass is 9.97. The molecule has 1 atom stereocenters. The zero-order chi connectivity index (χ0) is 19.5. The van der Waals surface area contributed by atoms with Gasteiger partial charge in [0.05, 0.1) is 12.1 Å². The first-order valence-corrected chi connectivity index (χ1v) is 9.74. The summed E-state index contributed by atoms with van der Waals surface area (Å²) >= 11 is 5.94. The van der Waals surface area contributed by atoms with E-state index >= 15 is 0 Å². The van der Waals surface area contributed by atoms with Crippen molar-refractivity contribution in [3.63, 3.8) is 0 Å². The highest BCUT2D eigenvalue weighted by Gasteiger charge is 2.29. The third kappa shape index (κ3) is 4.22. The second kappa shape index (κ2) is 8.10. The normalized spacial score (nSPS) is 16.9. The van der Waals surface area contributed by atoms with Crippen LogP contribution in [0.3, 0.4) is 0 Å². The molecule has 1 aliphatic rings. The van der Waals surface area contributed by atoms with Gasteiger partial charge in [-0.3, -0.25) is 4.79 Å². The minimum Gasteiger partial charge on any atom is -0.445 e. The van der Waals surface area contributed by atoms with Crippen LogP contribution in [0.4, 0.5) is 0 Å². The Balaban J connectivity index is 1.44. The highest BCUT2D eigenvalue weighted by molar-refractivity contribution is 6.30. The number of piperidine rings is 1. The summed E-state index contributed by atoms with van der Waals surface area (Å²) < 4.78 is 6.00. The van der Waals surface area contributed by atoms with Gasteiger partial charge in [0.2, 0.25) is 0 Å². The van der Waals surface area contributed by atoms with E-state index in [2.05, 4.69) is 15.0 Å². The molecule has 0 spiro atoms. The summed E-state index contributed by atoms with van der Waals surface area (Å²) in [5.41, 5.74) is 1.55. The maximum absolute atomic E-state index is 12.8. The number of benzene rings is 1. The summed E-state index contributed by atoms with van der Waals surface area (Å²) in [7, 11) is 0. The Morgan fingerprint density at radius 3 is 2.86 bits per heavy atom. The van der Waals surface area contributed by atoms with Crippen molar-refractivity contribution >= 4 is 17.5 Å². The predicted molar refractivity (Wildman–Crippen MR) is 105 cm³/mol. The summed E-state index contributed by atoms with van der Waals surface area (Å²) in [5.74, 6) is 2.13. The summed E-state index contributed by atoms with van der Waals surface area (Å²) in [5, 5.41) is 0.716. The Labute approximate surface area is 168 Å². The molecular formula is C21H21ClN4O2. The molecule has 4 rings (SSSR count). The summed E-state index contributed by atoms with van der Waals surface area (Å²) in [6, 6.07) is 9.36. The third-order valence-corrected chi connectivity index (χ3v) is 5.17. The molecule has 0 radical (unpaired) electrons. The molecule has 0 aliphatic carbocycles. The van der Waals surface area contributed by atoms with Crippen LogP contribution in [-0.2, 0) is 6.42 Å². The lowest BCUT2D eigenvalue weighted by Crippen LogP contribution is -2.39. The van der Waals surface area contributed by atoms with Crippen molar-refractivity contribution in [2.24, 2.45) is 0 Å². The zero-order valence-electron chi connectivity index (χ0n) is 15.6. The van der Waals surface area contributed by atoms with Crippen molar-refractivity contribution in [2.45, 2.75) is 32.1 Å². The molecule has 0 bridgehead atoms. The number of amides is 1. The molecule has 0 N–H and O–H groups in total. The van der Waals surface area contributed by atoms with Gasteiger partial charge >= 0.3 is 0 Å². The number of likely N-dealkylation sites (tertiary alicyclic amines) is 1. The molecule has 1 amide bonds. The van der Waals surface area contributed by atoms with E-state index in [1.54, 1.807) is 25.4 Å². The molecule has 28 heavy (non-hydrogen) atoms. The van der Waals surface area contributed by atoms with Gasteiger partial charge in [-0.25, -0.2) is 15.0 Å². The number of halogens is 1. The van der Waals surface area contributed by atoms with Gasteiger partial charge in [-0.05, 0) is 43.5 Å².